The molecule has 196 valence electrons. The number of benzene rings is 3. The van der Waals surface area contributed by atoms with Gasteiger partial charge in [0.2, 0.25) is 11.8 Å². The van der Waals surface area contributed by atoms with Gasteiger partial charge in [0.05, 0.1) is 6.61 Å². The fourth-order valence-corrected chi connectivity index (χ4v) is 4.47. The van der Waals surface area contributed by atoms with Crippen molar-refractivity contribution in [3.63, 3.8) is 0 Å². The Morgan fingerprint density at radius 3 is 2.35 bits per heavy atom. The van der Waals surface area contributed by atoms with Gasteiger partial charge in [0, 0.05) is 35.4 Å². The highest BCUT2D eigenvalue weighted by molar-refractivity contribution is 9.10. The van der Waals surface area contributed by atoms with Crippen molar-refractivity contribution < 1.29 is 14.3 Å². The highest BCUT2D eigenvalue weighted by Crippen LogP contribution is 2.20. The van der Waals surface area contributed by atoms with Gasteiger partial charge in [-0.25, -0.2) is 0 Å². The van der Waals surface area contributed by atoms with E-state index in [4.69, 9.17) is 16.3 Å². The number of halogens is 2. The Bertz CT molecular complexity index is 1140. The summed E-state index contributed by atoms with van der Waals surface area (Å²) in [6, 6.07) is 24.2. The third-order valence-electron chi connectivity index (χ3n) is 5.81. The van der Waals surface area contributed by atoms with E-state index in [1.807, 2.05) is 54.6 Å². The van der Waals surface area contributed by atoms with E-state index in [-0.39, 0.29) is 18.2 Å². The highest BCUT2D eigenvalue weighted by Gasteiger charge is 2.30. The van der Waals surface area contributed by atoms with Gasteiger partial charge >= 0.3 is 0 Å². The lowest BCUT2D eigenvalue weighted by atomic mass is 10.0. The second-order valence-corrected chi connectivity index (χ2v) is 10.8. The molecular weight excluding hydrogens is 552 g/mol. The molecule has 0 heterocycles. The van der Waals surface area contributed by atoms with Crippen molar-refractivity contribution in [2.45, 2.75) is 45.7 Å². The molecule has 0 aliphatic rings. The van der Waals surface area contributed by atoms with E-state index in [9.17, 15) is 9.59 Å². The lowest BCUT2D eigenvalue weighted by molar-refractivity contribution is -0.141. The van der Waals surface area contributed by atoms with Crippen LogP contribution in [0, 0.1) is 5.92 Å². The quantitative estimate of drug-likeness (QED) is 0.228. The molecule has 0 bridgehead atoms. The first-order valence-electron chi connectivity index (χ1n) is 12.6. The largest absolute Gasteiger partial charge is 0.494 e. The van der Waals surface area contributed by atoms with E-state index in [1.165, 1.54) is 0 Å². The van der Waals surface area contributed by atoms with E-state index in [2.05, 4.69) is 35.1 Å². The fraction of sp³-hybridized carbons (Fsp3) is 0.333. The molecule has 0 saturated heterocycles. The molecule has 0 aliphatic carbocycles. The molecule has 0 radical (unpaired) electrons. The molecule has 2 amide bonds. The molecule has 3 aromatic rings. The Labute approximate surface area is 233 Å². The highest BCUT2D eigenvalue weighted by atomic mass is 79.9. The van der Waals surface area contributed by atoms with Crippen LogP contribution in [0.1, 0.15) is 37.8 Å². The van der Waals surface area contributed by atoms with Crippen LogP contribution in [-0.2, 0) is 22.6 Å². The lowest BCUT2D eigenvalue weighted by Gasteiger charge is -2.32. The summed E-state index contributed by atoms with van der Waals surface area (Å²) in [6.45, 7) is 5.39. The van der Waals surface area contributed by atoms with Crippen LogP contribution in [-0.4, -0.2) is 35.9 Å². The minimum absolute atomic E-state index is 0.0830. The number of nitrogens with one attached hydrogen (secondary N) is 1. The Morgan fingerprint density at radius 1 is 0.973 bits per heavy atom. The van der Waals surface area contributed by atoms with E-state index in [0.717, 1.165) is 15.6 Å². The number of hydrogen-bond donors (Lipinski definition) is 1. The Kier molecular flexibility index (Phi) is 11.5. The predicted octanol–water partition coefficient (Wildman–Crippen LogP) is 6.67. The number of ether oxygens (including phenoxy) is 1. The lowest BCUT2D eigenvalue weighted by Crippen LogP contribution is -2.51. The summed E-state index contributed by atoms with van der Waals surface area (Å²) < 4.78 is 6.71. The maximum Gasteiger partial charge on any atom is 0.243 e. The van der Waals surface area contributed by atoms with Gasteiger partial charge in [0.15, 0.2) is 0 Å². The van der Waals surface area contributed by atoms with Gasteiger partial charge < -0.3 is 15.0 Å². The first-order valence-corrected chi connectivity index (χ1v) is 13.7. The minimum atomic E-state index is -0.634. The van der Waals surface area contributed by atoms with Gasteiger partial charge in [-0.2, -0.15) is 0 Å². The average molecular weight is 586 g/mol. The van der Waals surface area contributed by atoms with Crippen molar-refractivity contribution in [1.82, 2.24) is 10.2 Å². The summed E-state index contributed by atoms with van der Waals surface area (Å²) in [5, 5.41) is 3.70. The maximum absolute atomic E-state index is 13.6. The molecule has 0 saturated carbocycles. The monoisotopic (exact) mass is 584 g/mol. The topological polar surface area (TPSA) is 58.6 Å². The third kappa shape index (κ3) is 9.86. The summed E-state index contributed by atoms with van der Waals surface area (Å²) in [6.07, 6.45) is 1.23. The zero-order chi connectivity index (χ0) is 26.6. The van der Waals surface area contributed by atoms with E-state index >= 15 is 0 Å². The molecule has 5 nitrogen and oxygen atoms in total. The zero-order valence-electron chi connectivity index (χ0n) is 21.3. The summed E-state index contributed by atoms with van der Waals surface area (Å²) in [4.78, 5) is 28.8. The van der Waals surface area contributed by atoms with Gasteiger partial charge in [-0.05, 0) is 59.9 Å². The third-order valence-corrected chi connectivity index (χ3v) is 6.56. The predicted molar refractivity (Wildman–Crippen MR) is 153 cm³/mol. The van der Waals surface area contributed by atoms with E-state index < -0.39 is 6.04 Å². The van der Waals surface area contributed by atoms with Crippen LogP contribution in [0.5, 0.6) is 5.75 Å². The molecule has 1 unspecified atom stereocenters. The Hall–Kier alpha value is -2.83. The standard InChI is InChI=1S/C30H34BrClN2O3/c1-22(2)20-33-30(36)28(19-23-8-4-3-5-9-23)34(21-24-10-6-11-25(31)18-24)29(35)12-7-17-37-27-15-13-26(32)14-16-27/h3-6,8-11,13-16,18,22,28H,7,12,17,19-21H2,1-2H3,(H,33,36). The molecule has 37 heavy (non-hydrogen) atoms. The molecule has 0 aliphatic heterocycles. The smallest absolute Gasteiger partial charge is 0.243 e. The van der Waals surface area contributed by atoms with Crippen LogP contribution in [0.4, 0.5) is 0 Å². The second-order valence-electron chi connectivity index (χ2n) is 9.40. The average Bonchev–Trinajstić information content (AvgIpc) is 2.88. The molecular formula is C30H34BrClN2O3. The number of carbonyl (C=O) groups excluding carboxylic acids is 2. The van der Waals surface area contributed by atoms with Crippen molar-refractivity contribution in [1.29, 1.82) is 0 Å². The van der Waals surface area contributed by atoms with Crippen LogP contribution >= 0.6 is 27.5 Å². The molecule has 3 aromatic carbocycles. The van der Waals surface area contributed by atoms with Crippen molar-refractivity contribution >= 4 is 39.3 Å². The normalized spacial score (nSPS) is 11.7. The number of hydrogen-bond acceptors (Lipinski definition) is 3. The summed E-state index contributed by atoms with van der Waals surface area (Å²) in [5.74, 6) is 0.789. The molecule has 1 N–H and O–H groups in total. The maximum atomic E-state index is 13.6. The fourth-order valence-electron chi connectivity index (χ4n) is 3.90. The molecule has 0 aromatic heterocycles. The number of nitrogens with zero attached hydrogens (tertiary/aromatic N) is 1. The van der Waals surface area contributed by atoms with Crippen molar-refractivity contribution in [2.24, 2.45) is 5.92 Å². The SMILES string of the molecule is CC(C)CNC(=O)C(Cc1ccccc1)N(Cc1cccc(Br)c1)C(=O)CCCOc1ccc(Cl)cc1. The van der Waals surface area contributed by atoms with Crippen LogP contribution in [0.25, 0.3) is 0 Å². The number of amides is 2. The molecule has 0 fully saturated rings. The summed E-state index contributed by atoms with van der Waals surface area (Å²) in [7, 11) is 0. The zero-order valence-corrected chi connectivity index (χ0v) is 23.7. The van der Waals surface area contributed by atoms with Gasteiger partial charge in [-0.15, -0.1) is 0 Å². The van der Waals surface area contributed by atoms with Gasteiger partial charge in [-0.1, -0.05) is 83.8 Å². The minimum Gasteiger partial charge on any atom is -0.494 e. The first kappa shape index (κ1) is 28.7. The Balaban J connectivity index is 1.78. The molecule has 3 rings (SSSR count). The van der Waals surface area contributed by atoms with Crippen LogP contribution in [0.2, 0.25) is 5.02 Å². The van der Waals surface area contributed by atoms with Gasteiger partial charge in [-0.3, -0.25) is 9.59 Å². The molecule has 7 heteroatoms. The van der Waals surface area contributed by atoms with Crippen LogP contribution in [0.3, 0.4) is 0 Å². The first-order chi connectivity index (χ1) is 17.8. The Morgan fingerprint density at radius 2 is 1.68 bits per heavy atom. The molecule has 0 spiro atoms. The van der Waals surface area contributed by atoms with Crippen molar-refractivity contribution in [2.75, 3.05) is 13.2 Å². The van der Waals surface area contributed by atoms with E-state index in [1.54, 1.807) is 29.2 Å². The van der Waals surface area contributed by atoms with Crippen LogP contribution in [0.15, 0.2) is 83.3 Å². The van der Waals surface area contributed by atoms with Crippen molar-refractivity contribution in [3.05, 3.63) is 99.5 Å². The second kappa shape index (κ2) is 14.8. The number of carbonyl (C=O) groups is 2. The summed E-state index contributed by atoms with van der Waals surface area (Å²) in [5.41, 5.74) is 1.96. The van der Waals surface area contributed by atoms with Gasteiger partial charge in [0.1, 0.15) is 11.8 Å². The molecule has 1 atom stereocenters. The summed E-state index contributed by atoms with van der Waals surface area (Å²) >= 11 is 9.46. The van der Waals surface area contributed by atoms with Crippen molar-refractivity contribution in [3.8, 4) is 5.75 Å². The number of rotatable bonds is 13. The van der Waals surface area contributed by atoms with E-state index in [0.29, 0.717) is 49.2 Å². The van der Waals surface area contributed by atoms with Gasteiger partial charge in [0.25, 0.3) is 0 Å². The van der Waals surface area contributed by atoms with Crippen LogP contribution < -0.4 is 10.1 Å².